The fourth-order valence-corrected chi connectivity index (χ4v) is 1.69. The monoisotopic (exact) mass is 353 g/mol. The van der Waals surface area contributed by atoms with Crippen molar-refractivity contribution in [1.29, 1.82) is 0 Å². The molecule has 0 radical (unpaired) electrons. The minimum Gasteiger partial charge on any atom is -0.452 e. The number of nitrogens with one attached hydrogen (secondary N) is 1. The number of ether oxygens (including phenoxy) is 1. The van der Waals surface area contributed by atoms with E-state index in [1.807, 2.05) is 45.0 Å². The van der Waals surface area contributed by atoms with E-state index in [2.05, 4.69) is 21.2 Å². The standard InChI is InChI=1S/C16H20BrNO3/c1-4-16(2,3)18-14(19)11-21-15(20)10-7-12-5-8-13(17)9-6-12/h5-10H,4,11H2,1-3H3,(H,18,19)/b10-7+. The molecule has 0 bridgehead atoms. The summed E-state index contributed by atoms with van der Waals surface area (Å²) in [4.78, 5) is 23.1. The zero-order valence-corrected chi connectivity index (χ0v) is 14.1. The molecule has 1 N–H and O–H groups in total. The predicted octanol–water partition coefficient (Wildman–Crippen LogP) is 3.31. The van der Waals surface area contributed by atoms with E-state index in [4.69, 9.17) is 4.74 Å². The Kier molecular flexibility index (Phi) is 6.62. The van der Waals surface area contributed by atoms with E-state index in [-0.39, 0.29) is 18.1 Å². The van der Waals surface area contributed by atoms with Gasteiger partial charge in [-0.3, -0.25) is 4.79 Å². The zero-order chi connectivity index (χ0) is 15.9. The molecule has 0 spiro atoms. The van der Waals surface area contributed by atoms with Gasteiger partial charge >= 0.3 is 5.97 Å². The van der Waals surface area contributed by atoms with Crippen LogP contribution in [0.25, 0.3) is 6.08 Å². The van der Waals surface area contributed by atoms with Gasteiger partial charge in [-0.1, -0.05) is 35.0 Å². The van der Waals surface area contributed by atoms with Crippen LogP contribution in [-0.4, -0.2) is 24.0 Å². The second-order valence-electron chi connectivity index (χ2n) is 5.28. The quantitative estimate of drug-likeness (QED) is 0.630. The summed E-state index contributed by atoms with van der Waals surface area (Å²) in [5.41, 5.74) is 0.586. The lowest BCUT2D eigenvalue weighted by Gasteiger charge is -2.24. The van der Waals surface area contributed by atoms with Crippen LogP contribution in [0.3, 0.4) is 0 Å². The molecule has 0 saturated carbocycles. The number of hydrogen-bond donors (Lipinski definition) is 1. The first-order valence-electron chi connectivity index (χ1n) is 6.74. The van der Waals surface area contributed by atoms with E-state index >= 15 is 0 Å². The summed E-state index contributed by atoms with van der Waals surface area (Å²) in [6.45, 7) is 5.54. The second kappa shape index (κ2) is 7.98. The van der Waals surface area contributed by atoms with Crippen molar-refractivity contribution in [3.63, 3.8) is 0 Å². The smallest absolute Gasteiger partial charge is 0.331 e. The number of esters is 1. The number of benzene rings is 1. The molecule has 0 saturated heterocycles. The van der Waals surface area contributed by atoms with E-state index in [0.717, 1.165) is 16.5 Å². The first-order valence-corrected chi connectivity index (χ1v) is 7.53. The van der Waals surface area contributed by atoms with Gasteiger partial charge in [0.15, 0.2) is 6.61 Å². The van der Waals surface area contributed by atoms with Gasteiger partial charge in [-0.15, -0.1) is 0 Å². The number of carbonyl (C=O) groups excluding carboxylic acids is 2. The summed E-state index contributed by atoms with van der Waals surface area (Å²) in [6.07, 6.45) is 3.75. The SMILES string of the molecule is CCC(C)(C)NC(=O)COC(=O)/C=C/c1ccc(Br)cc1. The summed E-state index contributed by atoms with van der Waals surface area (Å²) < 4.78 is 5.86. The number of halogens is 1. The highest BCUT2D eigenvalue weighted by atomic mass is 79.9. The third kappa shape index (κ3) is 7.09. The molecule has 1 aromatic rings. The van der Waals surface area contributed by atoms with Crippen molar-refractivity contribution >= 4 is 33.9 Å². The molecule has 0 atom stereocenters. The van der Waals surface area contributed by atoms with Crippen LogP contribution in [0.2, 0.25) is 0 Å². The van der Waals surface area contributed by atoms with Crippen molar-refractivity contribution in [2.75, 3.05) is 6.61 Å². The Morgan fingerprint density at radius 1 is 1.29 bits per heavy atom. The highest BCUT2D eigenvalue weighted by Gasteiger charge is 2.18. The van der Waals surface area contributed by atoms with Gasteiger partial charge in [-0.2, -0.15) is 0 Å². The number of amides is 1. The number of carbonyl (C=O) groups is 2. The Morgan fingerprint density at radius 2 is 1.90 bits per heavy atom. The molecule has 0 aliphatic carbocycles. The summed E-state index contributed by atoms with van der Waals surface area (Å²) in [5.74, 6) is -0.838. The van der Waals surface area contributed by atoms with Crippen molar-refractivity contribution in [2.24, 2.45) is 0 Å². The van der Waals surface area contributed by atoms with Gasteiger partial charge in [0.1, 0.15) is 0 Å². The van der Waals surface area contributed by atoms with Gasteiger partial charge in [-0.25, -0.2) is 4.79 Å². The van der Waals surface area contributed by atoms with Crippen molar-refractivity contribution in [3.8, 4) is 0 Å². The average molecular weight is 354 g/mol. The van der Waals surface area contributed by atoms with E-state index in [0.29, 0.717) is 0 Å². The van der Waals surface area contributed by atoms with Crippen molar-refractivity contribution < 1.29 is 14.3 Å². The van der Waals surface area contributed by atoms with Crippen LogP contribution in [0.4, 0.5) is 0 Å². The molecule has 114 valence electrons. The molecule has 1 aromatic carbocycles. The lowest BCUT2D eigenvalue weighted by molar-refractivity contribution is -0.144. The molecule has 4 nitrogen and oxygen atoms in total. The summed E-state index contributed by atoms with van der Waals surface area (Å²) in [7, 11) is 0. The Hall–Kier alpha value is -1.62. The Balaban J connectivity index is 2.40. The Labute approximate surface area is 133 Å². The average Bonchev–Trinajstić information content (AvgIpc) is 2.44. The molecule has 0 aliphatic heterocycles. The molecule has 0 fully saturated rings. The molecular formula is C16H20BrNO3. The van der Waals surface area contributed by atoms with Crippen molar-refractivity contribution in [3.05, 3.63) is 40.4 Å². The lowest BCUT2D eigenvalue weighted by Crippen LogP contribution is -2.44. The van der Waals surface area contributed by atoms with Gasteiger partial charge in [0, 0.05) is 16.1 Å². The van der Waals surface area contributed by atoms with E-state index in [1.54, 1.807) is 6.08 Å². The second-order valence-corrected chi connectivity index (χ2v) is 6.19. The van der Waals surface area contributed by atoms with Gasteiger partial charge in [0.2, 0.25) is 0 Å². The van der Waals surface area contributed by atoms with E-state index in [1.165, 1.54) is 6.08 Å². The molecule has 0 aromatic heterocycles. The maximum atomic E-state index is 11.6. The van der Waals surface area contributed by atoms with Crippen LogP contribution in [-0.2, 0) is 14.3 Å². The highest BCUT2D eigenvalue weighted by molar-refractivity contribution is 9.10. The maximum Gasteiger partial charge on any atom is 0.331 e. The van der Waals surface area contributed by atoms with Crippen molar-refractivity contribution in [2.45, 2.75) is 32.7 Å². The minimum atomic E-state index is -0.539. The van der Waals surface area contributed by atoms with Crippen LogP contribution >= 0.6 is 15.9 Å². The van der Waals surface area contributed by atoms with Crippen molar-refractivity contribution in [1.82, 2.24) is 5.32 Å². The molecule has 1 amide bonds. The van der Waals surface area contributed by atoms with E-state index < -0.39 is 5.97 Å². The van der Waals surface area contributed by atoms with E-state index in [9.17, 15) is 9.59 Å². The van der Waals surface area contributed by atoms with Crippen LogP contribution in [0.1, 0.15) is 32.8 Å². The van der Waals surface area contributed by atoms with Crippen LogP contribution in [0, 0.1) is 0 Å². The zero-order valence-electron chi connectivity index (χ0n) is 12.5. The molecule has 5 heteroatoms. The molecule has 0 unspecified atom stereocenters. The third-order valence-electron chi connectivity index (χ3n) is 2.99. The van der Waals surface area contributed by atoms with Gasteiger partial charge in [0.05, 0.1) is 0 Å². The van der Waals surface area contributed by atoms with Gasteiger partial charge < -0.3 is 10.1 Å². The molecule has 1 rings (SSSR count). The third-order valence-corrected chi connectivity index (χ3v) is 3.52. The van der Waals surface area contributed by atoms with Gasteiger partial charge in [0.25, 0.3) is 5.91 Å². The topological polar surface area (TPSA) is 55.4 Å². The number of hydrogen-bond acceptors (Lipinski definition) is 3. The number of rotatable bonds is 6. The Bertz CT molecular complexity index is 521. The highest BCUT2D eigenvalue weighted by Crippen LogP contribution is 2.11. The molecule has 21 heavy (non-hydrogen) atoms. The summed E-state index contributed by atoms with van der Waals surface area (Å²) >= 11 is 3.34. The molecule has 0 aliphatic rings. The minimum absolute atomic E-state index is 0.271. The van der Waals surface area contributed by atoms with Crippen LogP contribution in [0.15, 0.2) is 34.8 Å². The summed E-state index contributed by atoms with van der Waals surface area (Å²) in [6, 6.07) is 7.49. The first-order chi connectivity index (χ1) is 9.82. The predicted molar refractivity (Wildman–Crippen MR) is 86.6 cm³/mol. The summed E-state index contributed by atoms with van der Waals surface area (Å²) in [5, 5.41) is 2.80. The Morgan fingerprint density at radius 3 is 2.48 bits per heavy atom. The van der Waals surface area contributed by atoms with Gasteiger partial charge in [-0.05, 0) is 44.0 Å². The van der Waals surface area contributed by atoms with Crippen LogP contribution < -0.4 is 5.32 Å². The molecular weight excluding hydrogens is 334 g/mol. The fraction of sp³-hybridized carbons (Fsp3) is 0.375. The molecule has 0 heterocycles. The maximum absolute atomic E-state index is 11.6. The fourth-order valence-electron chi connectivity index (χ4n) is 1.42. The largest absolute Gasteiger partial charge is 0.452 e. The first kappa shape index (κ1) is 17.4. The normalized spacial score (nSPS) is 11.4. The lowest BCUT2D eigenvalue weighted by atomic mass is 10.0. The van der Waals surface area contributed by atoms with Crippen LogP contribution in [0.5, 0.6) is 0 Å².